The quantitative estimate of drug-likeness (QED) is 0.0624. The zero-order valence-corrected chi connectivity index (χ0v) is 28.9. The summed E-state index contributed by atoms with van der Waals surface area (Å²) in [5, 5.41) is 0. The Balaban J connectivity index is 0. The van der Waals surface area contributed by atoms with Gasteiger partial charge in [-0.3, -0.25) is 0 Å². The number of hydrogen-bond acceptors (Lipinski definition) is 4. The first-order valence-electron chi connectivity index (χ1n) is 16.5. The molecule has 228 valence electrons. The summed E-state index contributed by atoms with van der Waals surface area (Å²) in [5.41, 5.74) is 0. The van der Waals surface area contributed by atoms with Crippen LogP contribution in [-0.4, -0.2) is 36.6 Å². The molecule has 0 amide bonds. The summed E-state index contributed by atoms with van der Waals surface area (Å²) in [6, 6.07) is 0. The average Bonchev–Trinajstić information content (AvgIpc) is 2.88. The van der Waals surface area contributed by atoms with Gasteiger partial charge in [0.05, 0.1) is 0 Å². The van der Waals surface area contributed by atoms with Gasteiger partial charge < -0.3 is 5.48 Å². The molecule has 0 aromatic rings. The van der Waals surface area contributed by atoms with Crippen LogP contribution in [0.5, 0.6) is 0 Å². The molecule has 0 aromatic heterocycles. The molecule has 6 heteroatoms. The number of carbonyl (C=O) groups excluding carboxylic acids is 2. The van der Waals surface area contributed by atoms with Gasteiger partial charge in [-0.05, 0) is 0 Å². The van der Waals surface area contributed by atoms with Gasteiger partial charge in [0.2, 0.25) is 0 Å². The Morgan fingerprint density at radius 3 is 0.974 bits per heavy atom. The monoisotopic (exact) mass is 650 g/mol. The van der Waals surface area contributed by atoms with Crippen LogP contribution in [-0.2, 0) is 15.7 Å². The molecule has 0 radical (unpaired) electrons. The number of rotatable bonds is 28. The predicted octanol–water partition coefficient (Wildman–Crippen LogP) is 10.1. The Labute approximate surface area is 242 Å². The minimum atomic E-state index is -3.76. The van der Waals surface area contributed by atoms with Crippen LogP contribution in [0.1, 0.15) is 182 Å². The van der Waals surface area contributed by atoms with E-state index in [1.54, 1.807) is 0 Å². The summed E-state index contributed by atoms with van der Waals surface area (Å²) in [5.74, 6) is -0.219. The molecular formula is C32H66O5Sn. The number of hydrogen-bond donors (Lipinski definition) is 0. The second-order valence-corrected chi connectivity index (χ2v) is 20.4. The van der Waals surface area contributed by atoms with Crippen molar-refractivity contribution in [3.05, 3.63) is 0 Å². The van der Waals surface area contributed by atoms with Gasteiger partial charge in [0, 0.05) is 0 Å². The molecule has 0 aliphatic carbocycles. The van der Waals surface area contributed by atoms with E-state index in [1.807, 2.05) is 0 Å². The van der Waals surface area contributed by atoms with Crippen LogP contribution in [0.2, 0.25) is 8.87 Å². The normalized spacial score (nSPS) is 11.3. The molecule has 0 aliphatic heterocycles. The summed E-state index contributed by atoms with van der Waals surface area (Å²) in [4.78, 5) is 25.7. The molecular weight excluding hydrogens is 583 g/mol. The molecule has 0 spiro atoms. The summed E-state index contributed by atoms with van der Waals surface area (Å²) in [6.45, 7) is 8.82. The smallest absolute Gasteiger partial charge is 0.412 e. The number of unbranched alkanes of at least 4 members (excludes halogenated alkanes) is 18. The maximum absolute atomic E-state index is 12.8. The van der Waals surface area contributed by atoms with Crippen LogP contribution in [0, 0.1) is 0 Å². The SMILES string of the molecule is CCCCCCCCCCCC(=O)[O][Sn]([CH2]CCC)([CH2]CCC)[O]C(=O)CCCCCCCCCCC.O. The van der Waals surface area contributed by atoms with Crippen molar-refractivity contribution >= 4 is 31.1 Å². The minimum absolute atomic E-state index is 0. The van der Waals surface area contributed by atoms with Gasteiger partial charge >= 0.3 is 224 Å². The van der Waals surface area contributed by atoms with Gasteiger partial charge in [-0.25, -0.2) is 0 Å². The van der Waals surface area contributed by atoms with E-state index >= 15 is 0 Å². The molecule has 0 aromatic carbocycles. The third kappa shape index (κ3) is 24.7. The average molecular weight is 650 g/mol. The van der Waals surface area contributed by atoms with E-state index in [4.69, 9.17) is 6.15 Å². The van der Waals surface area contributed by atoms with Crippen LogP contribution in [0.15, 0.2) is 0 Å². The zero-order valence-electron chi connectivity index (χ0n) is 26.0. The molecule has 0 fully saturated rings. The fraction of sp³-hybridized carbons (Fsp3) is 0.938. The van der Waals surface area contributed by atoms with Crippen molar-refractivity contribution in [2.45, 2.75) is 191 Å². The molecule has 5 nitrogen and oxygen atoms in total. The molecule has 2 N–H and O–H groups in total. The zero-order chi connectivity index (χ0) is 27.5. The van der Waals surface area contributed by atoms with Crippen molar-refractivity contribution < 1.29 is 21.2 Å². The molecule has 0 bridgehead atoms. The molecule has 0 atom stereocenters. The van der Waals surface area contributed by atoms with Crippen molar-refractivity contribution in [3.8, 4) is 0 Å². The Morgan fingerprint density at radius 2 is 0.684 bits per heavy atom. The van der Waals surface area contributed by atoms with Gasteiger partial charge in [-0.1, -0.05) is 13.8 Å². The van der Waals surface area contributed by atoms with E-state index in [0.717, 1.165) is 60.2 Å². The first-order chi connectivity index (χ1) is 18.0. The summed E-state index contributed by atoms with van der Waals surface area (Å²) in [6.07, 6.45) is 27.2. The molecule has 38 heavy (non-hydrogen) atoms. The Morgan fingerprint density at radius 1 is 0.421 bits per heavy atom. The van der Waals surface area contributed by atoms with Crippen molar-refractivity contribution in [3.63, 3.8) is 0 Å². The van der Waals surface area contributed by atoms with Gasteiger partial charge in [0.1, 0.15) is 0 Å². The van der Waals surface area contributed by atoms with Crippen molar-refractivity contribution in [1.29, 1.82) is 0 Å². The maximum atomic E-state index is 12.8. The van der Waals surface area contributed by atoms with Gasteiger partial charge in [-0.15, -0.1) is 0 Å². The Bertz CT molecular complexity index is 480. The van der Waals surface area contributed by atoms with Crippen molar-refractivity contribution in [2.24, 2.45) is 0 Å². The molecule has 0 rings (SSSR count). The van der Waals surface area contributed by atoms with E-state index in [0.29, 0.717) is 12.8 Å². The molecule has 0 unspecified atom stereocenters. The third-order valence-electron chi connectivity index (χ3n) is 7.39. The van der Waals surface area contributed by atoms with Crippen molar-refractivity contribution in [1.82, 2.24) is 0 Å². The van der Waals surface area contributed by atoms with Gasteiger partial charge in [-0.2, -0.15) is 0 Å². The van der Waals surface area contributed by atoms with Crippen LogP contribution < -0.4 is 0 Å². The molecule has 0 aliphatic rings. The third-order valence-corrected chi connectivity index (χ3v) is 17.2. The molecule has 0 heterocycles. The fourth-order valence-electron chi connectivity index (χ4n) is 4.92. The predicted molar refractivity (Wildman–Crippen MR) is 165 cm³/mol. The Hall–Kier alpha value is -0.301. The summed E-state index contributed by atoms with van der Waals surface area (Å²) < 4.78 is 14.0. The summed E-state index contributed by atoms with van der Waals surface area (Å²) in [7, 11) is 0. The van der Waals surface area contributed by atoms with Crippen LogP contribution in [0.3, 0.4) is 0 Å². The summed E-state index contributed by atoms with van der Waals surface area (Å²) >= 11 is -3.76. The first kappa shape index (κ1) is 39.8. The topological polar surface area (TPSA) is 84.1 Å². The second kappa shape index (κ2) is 29.7. The molecule has 0 saturated heterocycles. The first-order valence-corrected chi connectivity index (χ1v) is 22.8. The van der Waals surface area contributed by atoms with E-state index in [1.165, 1.54) is 89.9 Å². The standard InChI is InChI=1S/2C12H24O2.2C4H9.H2O.Sn/c2*1-2-3-4-5-6-7-8-9-10-11-12(13)14;2*1-3-4-2;;/h2*2-11H2,1H3,(H,13,14);2*1,3-4H2,2H3;1H2;/q;;;;;+2/p-2. The van der Waals surface area contributed by atoms with Crippen LogP contribution in [0.4, 0.5) is 0 Å². The second-order valence-electron chi connectivity index (χ2n) is 11.2. The van der Waals surface area contributed by atoms with E-state index in [2.05, 4.69) is 27.7 Å². The van der Waals surface area contributed by atoms with Crippen molar-refractivity contribution in [2.75, 3.05) is 0 Å². The van der Waals surface area contributed by atoms with Gasteiger partial charge in [0.25, 0.3) is 0 Å². The van der Waals surface area contributed by atoms with Gasteiger partial charge in [0.15, 0.2) is 0 Å². The van der Waals surface area contributed by atoms with Crippen LogP contribution >= 0.6 is 0 Å². The fourth-order valence-corrected chi connectivity index (χ4v) is 15.0. The van der Waals surface area contributed by atoms with E-state index in [-0.39, 0.29) is 17.4 Å². The Kier molecular flexibility index (Phi) is 31.1. The number of carbonyl (C=O) groups is 2. The van der Waals surface area contributed by atoms with E-state index < -0.39 is 19.2 Å². The molecule has 0 saturated carbocycles. The minimum Gasteiger partial charge on any atom is -0.412 e. The van der Waals surface area contributed by atoms with Crippen LogP contribution in [0.25, 0.3) is 0 Å². The van der Waals surface area contributed by atoms with E-state index in [9.17, 15) is 9.59 Å².